The van der Waals surface area contributed by atoms with E-state index in [-0.39, 0.29) is 11.7 Å². The van der Waals surface area contributed by atoms with Crippen LogP contribution in [0.2, 0.25) is 0 Å². The summed E-state index contributed by atoms with van der Waals surface area (Å²) in [6.45, 7) is 3.59. The Morgan fingerprint density at radius 2 is 2.12 bits per heavy atom. The molecule has 16 heavy (non-hydrogen) atoms. The highest BCUT2D eigenvalue weighted by molar-refractivity contribution is 5.81. The molecule has 0 bridgehead atoms. The van der Waals surface area contributed by atoms with Gasteiger partial charge in [-0.2, -0.15) is 0 Å². The van der Waals surface area contributed by atoms with E-state index in [0.717, 1.165) is 6.42 Å². The minimum Gasteiger partial charge on any atom is -0.409 e. The number of rotatable bonds is 8. The third-order valence-corrected chi connectivity index (χ3v) is 2.07. The van der Waals surface area contributed by atoms with Gasteiger partial charge in [0.25, 0.3) is 0 Å². The molecular formula is C10H21N3O3. The molecule has 0 saturated carbocycles. The molecule has 94 valence electrons. The molecule has 1 amide bonds. The third kappa shape index (κ3) is 7.05. The molecule has 6 nitrogen and oxygen atoms in total. The molecule has 0 heterocycles. The average Bonchev–Trinajstić information content (AvgIpc) is 2.30. The van der Waals surface area contributed by atoms with E-state index in [1.165, 1.54) is 0 Å². The average molecular weight is 231 g/mol. The maximum absolute atomic E-state index is 11.5. The minimum absolute atomic E-state index is 0.00171. The molecule has 3 N–H and O–H groups in total. The van der Waals surface area contributed by atoms with Crippen LogP contribution in [0.25, 0.3) is 0 Å². The van der Waals surface area contributed by atoms with Gasteiger partial charge < -0.3 is 20.6 Å². The van der Waals surface area contributed by atoms with Gasteiger partial charge >= 0.3 is 0 Å². The molecule has 0 unspecified atom stereocenters. The van der Waals surface area contributed by atoms with Gasteiger partial charge in [0.15, 0.2) is 0 Å². The number of carbonyl (C=O) groups excluding carboxylic acids is 1. The highest BCUT2D eigenvalue weighted by atomic mass is 16.5. The Labute approximate surface area is 96.0 Å². The van der Waals surface area contributed by atoms with Crippen molar-refractivity contribution in [2.45, 2.75) is 26.2 Å². The lowest BCUT2D eigenvalue weighted by molar-refractivity contribution is -0.130. The molecule has 0 rings (SSSR count). The van der Waals surface area contributed by atoms with Crippen LogP contribution < -0.4 is 5.73 Å². The van der Waals surface area contributed by atoms with Crippen LogP contribution in [-0.2, 0) is 9.53 Å². The van der Waals surface area contributed by atoms with E-state index in [1.54, 1.807) is 11.9 Å². The molecule has 0 aliphatic carbocycles. The van der Waals surface area contributed by atoms with Crippen LogP contribution in [-0.4, -0.2) is 48.7 Å². The maximum atomic E-state index is 11.5. The fourth-order valence-electron chi connectivity index (χ4n) is 1.05. The summed E-state index contributed by atoms with van der Waals surface area (Å²) < 4.78 is 5.21. The lowest BCUT2D eigenvalue weighted by Crippen LogP contribution is -2.31. The Hall–Kier alpha value is -1.30. The van der Waals surface area contributed by atoms with E-state index in [4.69, 9.17) is 15.7 Å². The predicted octanol–water partition coefficient (Wildman–Crippen LogP) is 0.398. The summed E-state index contributed by atoms with van der Waals surface area (Å²) in [5.41, 5.74) is 5.30. The molecule has 0 aromatic rings. The van der Waals surface area contributed by atoms with Gasteiger partial charge in [0.2, 0.25) is 5.91 Å². The first-order valence-electron chi connectivity index (χ1n) is 5.40. The molecule has 0 saturated heterocycles. The largest absolute Gasteiger partial charge is 0.409 e. The van der Waals surface area contributed by atoms with E-state index >= 15 is 0 Å². The summed E-state index contributed by atoms with van der Waals surface area (Å²) in [5, 5.41) is 11.2. The number of amidine groups is 1. The lowest BCUT2D eigenvalue weighted by Gasteiger charge is -2.16. The van der Waals surface area contributed by atoms with Crippen molar-refractivity contribution in [3.8, 4) is 0 Å². The Morgan fingerprint density at radius 1 is 1.44 bits per heavy atom. The van der Waals surface area contributed by atoms with Crippen molar-refractivity contribution >= 4 is 11.7 Å². The second kappa shape index (κ2) is 8.96. The quantitative estimate of drug-likeness (QED) is 0.208. The van der Waals surface area contributed by atoms with Crippen LogP contribution in [0.15, 0.2) is 5.16 Å². The third-order valence-electron chi connectivity index (χ3n) is 2.07. The molecular weight excluding hydrogens is 210 g/mol. The molecule has 0 atom stereocenters. The van der Waals surface area contributed by atoms with Crippen molar-refractivity contribution in [2.24, 2.45) is 10.9 Å². The van der Waals surface area contributed by atoms with Gasteiger partial charge in [-0.25, -0.2) is 0 Å². The standard InChI is InChI=1S/C10H21N3O3/c1-3-7-16-8-5-10(14)13(2)6-4-9(11)12-15/h15H,3-8H2,1-2H3,(H2,11,12). The zero-order valence-corrected chi connectivity index (χ0v) is 9.98. The van der Waals surface area contributed by atoms with Crippen LogP contribution in [0.5, 0.6) is 0 Å². The number of amides is 1. The van der Waals surface area contributed by atoms with E-state index in [0.29, 0.717) is 32.6 Å². The van der Waals surface area contributed by atoms with E-state index in [2.05, 4.69) is 5.16 Å². The van der Waals surface area contributed by atoms with Gasteiger partial charge in [-0.1, -0.05) is 12.1 Å². The highest BCUT2D eigenvalue weighted by Gasteiger charge is 2.08. The number of oxime groups is 1. The van der Waals surface area contributed by atoms with Gasteiger partial charge in [-0.15, -0.1) is 0 Å². The number of ether oxygens (including phenoxy) is 1. The molecule has 0 aliphatic rings. The number of nitrogens with two attached hydrogens (primary N) is 1. The first kappa shape index (κ1) is 14.7. The van der Waals surface area contributed by atoms with Crippen LogP contribution in [0.1, 0.15) is 26.2 Å². The minimum atomic E-state index is 0.00171. The molecule has 0 radical (unpaired) electrons. The Morgan fingerprint density at radius 3 is 2.69 bits per heavy atom. The second-order valence-electron chi connectivity index (χ2n) is 3.52. The number of hydrogen-bond donors (Lipinski definition) is 2. The number of carbonyl (C=O) groups is 1. The predicted molar refractivity (Wildman–Crippen MR) is 61.4 cm³/mol. The number of nitrogens with zero attached hydrogens (tertiary/aromatic N) is 2. The van der Waals surface area contributed by atoms with Crippen molar-refractivity contribution in [1.29, 1.82) is 0 Å². The second-order valence-corrected chi connectivity index (χ2v) is 3.52. The first-order chi connectivity index (χ1) is 7.61. The maximum Gasteiger partial charge on any atom is 0.224 e. The van der Waals surface area contributed by atoms with Crippen molar-refractivity contribution in [2.75, 3.05) is 26.8 Å². The first-order valence-corrected chi connectivity index (χ1v) is 5.40. The molecule has 6 heteroatoms. The van der Waals surface area contributed by atoms with Gasteiger partial charge in [0.1, 0.15) is 5.84 Å². The zero-order valence-electron chi connectivity index (χ0n) is 9.98. The van der Waals surface area contributed by atoms with Crippen molar-refractivity contribution < 1.29 is 14.7 Å². The Kier molecular flexibility index (Phi) is 8.24. The summed E-state index contributed by atoms with van der Waals surface area (Å²) >= 11 is 0. The summed E-state index contributed by atoms with van der Waals surface area (Å²) in [6, 6.07) is 0. The Balaban J connectivity index is 3.65. The van der Waals surface area contributed by atoms with Gasteiger partial charge in [-0.3, -0.25) is 4.79 Å². The summed E-state index contributed by atoms with van der Waals surface area (Å²) in [5.74, 6) is 0.128. The SMILES string of the molecule is CCCOCCC(=O)N(C)CCC(N)=NO. The van der Waals surface area contributed by atoms with Gasteiger partial charge in [0.05, 0.1) is 13.0 Å². The molecule has 0 aromatic carbocycles. The van der Waals surface area contributed by atoms with Crippen molar-refractivity contribution in [3.05, 3.63) is 0 Å². The molecule has 0 spiro atoms. The molecule has 0 aromatic heterocycles. The number of hydrogen-bond acceptors (Lipinski definition) is 4. The van der Waals surface area contributed by atoms with Crippen LogP contribution in [0.4, 0.5) is 0 Å². The fourth-order valence-corrected chi connectivity index (χ4v) is 1.05. The van der Waals surface area contributed by atoms with Gasteiger partial charge in [0, 0.05) is 26.6 Å². The van der Waals surface area contributed by atoms with Crippen molar-refractivity contribution in [1.82, 2.24) is 4.90 Å². The van der Waals surface area contributed by atoms with Crippen LogP contribution >= 0.6 is 0 Å². The Bertz CT molecular complexity index is 231. The summed E-state index contributed by atoms with van der Waals surface area (Å²) in [7, 11) is 1.69. The van der Waals surface area contributed by atoms with Crippen LogP contribution in [0, 0.1) is 0 Å². The van der Waals surface area contributed by atoms with Crippen molar-refractivity contribution in [3.63, 3.8) is 0 Å². The summed E-state index contributed by atoms with van der Waals surface area (Å²) in [4.78, 5) is 13.1. The molecule has 0 aliphatic heterocycles. The normalized spacial score (nSPS) is 11.5. The zero-order chi connectivity index (χ0) is 12.4. The summed E-state index contributed by atoms with van der Waals surface area (Å²) in [6.07, 6.45) is 1.69. The topological polar surface area (TPSA) is 88.2 Å². The highest BCUT2D eigenvalue weighted by Crippen LogP contribution is 1.94. The van der Waals surface area contributed by atoms with Crippen LogP contribution in [0.3, 0.4) is 0 Å². The van der Waals surface area contributed by atoms with E-state index in [1.807, 2.05) is 6.92 Å². The van der Waals surface area contributed by atoms with E-state index in [9.17, 15) is 4.79 Å². The smallest absolute Gasteiger partial charge is 0.224 e. The molecule has 0 fully saturated rings. The fraction of sp³-hybridized carbons (Fsp3) is 0.800. The van der Waals surface area contributed by atoms with E-state index < -0.39 is 0 Å². The lowest BCUT2D eigenvalue weighted by atomic mass is 10.3. The monoisotopic (exact) mass is 231 g/mol. The van der Waals surface area contributed by atoms with Gasteiger partial charge in [-0.05, 0) is 6.42 Å².